The van der Waals surface area contributed by atoms with Crippen molar-refractivity contribution in [1.82, 2.24) is 14.9 Å². The number of nitrogens with zero attached hydrogens (tertiary/aromatic N) is 2. The van der Waals surface area contributed by atoms with Crippen molar-refractivity contribution >= 4 is 50.9 Å². The van der Waals surface area contributed by atoms with Gasteiger partial charge in [-0.3, -0.25) is 9.59 Å². The van der Waals surface area contributed by atoms with E-state index in [9.17, 15) is 14.0 Å². The van der Waals surface area contributed by atoms with Crippen molar-refractivity contribution in [3.8, 4) is 5.75 Å². The molecule has 1 aromatic carbocycles. The number of halogens is 1. The summed E-state index contributed by atoms with van der Waals surface area (Å²) >= 11 is 2.86. The summed E-state index contributed by atoms with van der Waals surface area (Å²) in [5.74, 6) is 0.212. The predicted molar refractivity (Wildman–Crippen MR) is 108 cm³/mol. The molecule has 1 aliphatic rings. The summed E-state index contributed by atoms with van der Waals surface area (Å²) in [6.45, 7) is 1.90. The standard InChI is InChI=1S/C18H17FN4O3S2/c1-9-6-20-18(28-9)22-16(24)13-7-27-8-23(13)17(25)12-5-10-14(26-2)4-3-11(19)15(10)21-12/h3-6,13,21H,7-8H2,1-2H3,(H,20,22,24). The molecular weight excluding hydrogens is 403 g/mol. The minimum atomic E-state index is -0.625. The normalized spacial score (nSPS) is 16.5. The number of thiazole rings is 1. The Morgan fingerprint density at radius 3 is 2.96 bits per heavy atom. The second-order valence-electron chi connectivity index (χ2n) is 6.28. The minimum absolute atomic E-state index is 0.203. The molecule has 7 nitrogen and oxygen atoms in total. The lowest BCUT2D eigenvalue weighted by Gasteiger charge is -2.22. The van der Waals surface area contributed by atoms with E-state index in [-0.39, 0.29) is 23.0 Å². The fourth-order valence-electron chi connectivity index (χ4n) is 3.07. The lowest BCUT2D eigenvalue weighted by Crippen LogP contribution is -2.44. The van der Waals surface area contributed by atoms with Crippen LogP contribution in [0.4, 0.5) is 9.52 Å². The number of fused-ring (bicyclic) bond motifs is 1. The van der Waals surface area contributed by atoms with Gasteiger partial charge in [0.05, 0.1) is 18.5 Å². The molecule has 0 spiro atoms. The van der Waals surface area contributed by atoms with E-state index in [0.717, 1.165) is 4.88 Å². The van der Waals surface area contributed by atoms with Gasteiger partial charge in [-0.15, -0.1) is 23.1 Å². The molecule has 1 fully saturated rings. The van der Waals surface area contributed by atoms with Crippen molar-refractivity contribution in [2.45, 2.75) is 13.0 Å². The fraction of sp³-hybridized carbons (Fsp3) is 0.278. The highest BCUT2D eigenvalue weighted by Crippen LogP contribution is 2.30. The minimum Gasteiger partial charge on any atom is -0.496 e. The number of methoxy groups -OCH3 is 1. The molecule has 10 heteroatoms. The highest BCUT2D eigenvalue weighted by atomic mass is 32.2. The number of carbonyl (C=O) groups is 2. The van der Waals surface area contributed by atoms with Crippen LogP contribution < -0.4 is 10.1 Å². The maximum Gasteiger partial charge on any atom is 0.271 e. The number of benzene rings is 1. The van der Waals surface area contributed by atoms with Crippen molar-refractivity contribution in [2.24, 2.45) is 0 Å². The van der Waals surface area contributed by atoms with Crippen molar-refractivity contribution in [1.29, 1.82) is 0 Å². The summed E-state index contributed by atoms with van der Waals surface area (Å²) < 4.78 is 19.4. The number of aromatic amines is 1. The number of nitrogens with one attached hydrogen (secondary N) is 2. The van der Waals surface area contributed by atoms with Gasteiger partial charge in [-0.1, -0.05) is 0 Å². The molecule has 0 aliphatic carbocycles. The molecule has 0 radical (unpaired) electrons. The third kappa shape index (κ3) is 3.33. The van der Waals surface area contributed by atoms with Gasteiger partial charge in [0.25, 0.3) is 5.91 Å². The van der Waals surface area contributed by atoms with E-state index >= 15 is 0 Å². The van der Waals surface area contributed by atoms with E-state index < -0.39 is 11.9 Å². The molecule has 1 atom stereocenters. The van der Waals surface area contributed by atoms with Crippen LogP contribution in [-0.2, 0) is 4.79 Å². The first kappa shape index (κ1) is 18.8. The van der Waals surface area contributed by atoms with E-state index in [0.29, 0.717) is 27.9 Å². The number of aromatic nitrogens is 2. The summed E-state index contributed by atoms with van der Waals surface area (Å²) in [4.78, 5) is 35.1. The quantitative estimate of drug-likeness (QED) is 0.677. The highest BCUT2D eigenvalue weighted by Gasteiger charge is 2.36. The van der Waals surface area contributed by atoms with Gasteiger partial charge >= 0.3 is 0 Å². The third-order valence-corrected chi connectivity index (χ3v) is 6.29. The summed E-state index contributed by atoms with van der Waals surface area (Å²) in [6, 6.07) is 3.73. The van der Waals surface area contributed by atoms with Crippen molar-refractivity contribution < 1.29 is 18.7 Å². The lowest BCUT2D eigenvalue weighted by molar-refractivity contribution is -0.119. The maximum absolute atomic E-state index is 14.1. The number of carbonyl (C=O) groups excluding carboxylic acids is 2. The van der Waals surface area contributed by atoms with Crippen LogP contribution in [0.2, 0.25) is 0 Å². The summed E-state index contributed by atoms with van der Waals surface area (Å²) in [6.07, 6.45) is 1.68. The molecule has 146 valence electrons. The Balaban J connectivity index is 1.59. The molecule has 1 saturated heterocycles. The summed E-state index contributed by atoms with van der Waals surface area (Å²) in [7, 11) is 1.49. The monoisotopic (exact) mass is 420 g/mol. The number of amides is 2. The van der Waals surface area contributed by atoms with Crippen LogP contribution in [0.15, 0.2) is 24.4 Å². The van der Waals surface area contributed by atoms with Gasteiger partial charge in [0.2, 0.25) is 5.91 Å². The summed E-state index contributed by atoms with van der Waals surface area (Å²) in [5.41, 5.74) is 0.414. The molecule has 28 heavy (non-hydrogen) atoms. The maximum atomic E-state index is 14.1. The molecule has 1 unspecified atom stereocenters. The largest absolute Gasteiger partial charge is 0.496 e. The number of aryl methyl sites for hydroxylation is 1. The van der Waals surface area contributed by atoms with Crippen molar-refractivity contribution in [2.75, 3.05) is 24.1 Å². The van der Waals surface area contributed by atoms with E-state index in [1.807, 2.05) is 6.92 Å². The Labute approximate surface area is 168 Å². The van der Waals surface area contributed by atoms with E-state index in [1.54, 1.807) is 12.3 Å². The number of H-pyrrole nitrogens is 1. The van der Waals surface area contributed by atoms with E-state index in [1.165, 1.54) is 47.2 Å². The van der Waals surface area contributed by atoms with Gasteiger partial charge in [0.1, 0.15) is 23.3 Å². The van der Waals surface area contributed by atoms with Gasteiger partial charge in [-0.2, -0.15) is 0 Å². The molecule has 4 rings (SSSR count). The average molecular weight is 420 g/mol. The lowest BCUT2D eigenvalue weighted by atomic mass is 10.2. The van der Waals surface area contributed by atoms with Gasteiger partial charge in [-0.25, -0.2) is 9.37 Å². The fourth-order valence-corrected chi connectivity index (χ4v) is 4.89. The number of hydrogen-bond acceptors (Lipinski definition) is 6. The van der Waals surface area contributed by atoms with Gasteiger partial charge in [0, 0.05) is 22.2 Å². The van der Waals surface area contributed by atoms with E-state index in [4.69, 9.17) is 4.74 Å². The van der Waals surface area contributed by atoms with Crippen LogP contribution in [-0.4, -0.2) is 51.5 Å². The Hall–Kier alpha value is -2.59. The molecule has 0 saturated carbocycles. The number of rotatable bonds is 4. The van der Waals surface area contributed by atoms with Crippen molar-refractivity contribution in [3.05, 3.63) is 40.8 Å². The molecule has 3 heterocycles. The Kier molecular flexibility index (Phi) is 4.98. The molecule has 1 aliphatic heterocycles. The predicted octanol–water partition coefficient (Wildman–Crippen LogP) is 3.23. The third-order valence-electron chi connectivity index (χ3n) is 4.45. The summed E-state index contributed by atoms with van der Waals surface area (Å²) in [5, 5.41) is 3.75. The highest BCUT2D eigenvalue weighted by molar-refractivity contribution is 7.99. The van der Waals surface area contributed by atoms with Crippen LogP contribution in [0.25, 0.3) is 10.9 Å². The topological polar surface area (TPSA) is 87.3 Å². The number of anilines is 1. The molecule has 0 bridgehead atoms. The van der Waals surface area contributed by atoms with Crippen LogP contribution in [0.1, 0.15) is 15.4 Å². The molecule has 2 amide bonds. The second-order valence-corrected chi connectivity index (χ2v) is 8.51. The Bertz CT molecular complexity index is 1060. The average Bonchev–Trinajstić information content (AvgIpc) is 3.40. The zero-order chi connectivity index (χ0) is 19.8. The van der Waals surface area contributed by atoms with Crippen LogP contribution in [0, 0.1) is 12.7 Å². The molecule has 2 aromatic heterocycles. The first-order valence-electron chi connectivity index (χ1n) is 8.45. The number of hydrogen-bond donors (Lipinski definition) is 2. The molecular formula is C18H17FN4O3S2. The SMILES string of the molecule is COc1ccc(F)c2[nH]c(C(=O)N3CSCC3C(=O)Nc3ncc(C)s3)cc12. The van der Waals surface area contributed by atoms with Gasteiger partial charge < -0.3 is 19.9 Å². The Morgan fingerprint density at radius 2 is 2.25 bits per heavy atom. The first-order valence-corrected chi connectivity index (χ1v) is 10.4. The number of thioether (sulfide) groups is 1. The van der Waals surface area contributed by atoms with Crippen LogP contribution in [0.3, 0.4) is 0 Å². The van der Waals surface area contributed by atoms with Gasteiger partial charge in [-0.05, 0) is 25.1 Å². The molecule has 3 aromatic rings. The zero-order valence-corrected chi connectivity index (χ0v) is 16.7. The van der Waals surface area contributed by atoms with Gasteiger partial charge in [0.15, 0.2) is 5.13 Å². The van der Waals surface area contributed by atoms with Crippen LogP contribution in [0.5, 0.6) is 5.75 Å². The number of ether oxygens (including phenoxy) is 1. The molecule has 2 N–H and O–H groups in total. The first-order chi connectivity index (χ1) is 13.5. The smallest absolute Gasteiger partial charge is 0.271 e. The second kappa shape index (κ2) is 7.44. The Morgan fingerprint density at radius 1 is 1.43 bits per heavy atom. The van der Waals surface area contributed by atoms with E-state index in [2.05, 4.69) is 15.3 Å². The van der Waals surface area contributed by atoms with Crippen molar-refractivity contribution in [3.63, 3.8) is 0 Å². The van der Waals surface area contributed by atoms with Crippen LogP contribution >= 0.6 is 23.1 Å². The zero-order valence-electron chi connectivity index (χ0n) is 15.1.